The molecule has 0 bridgehead atoms. The van der Waals surface area contributed by atoms with Crippen molar-refractivity contribution in [2.45, 2.75) is 137 Å². The maximum Gasteiger partial charge on any atom is 0.209 e. The molecule has 6 heteroatoms. The number of unbranched alkanes of at least 4 members (excludes halogenated alkanes) is 4. The van der Waals surface area contributed by atoms with Crippen LogP contribution in [0.15, 0.2) is 120 Å². The summed E-state index contributed by atoms with van der Waals surface area (Å²) < 4.78 is 20.7. The number of benzene rings is 3. The Morgan fingerprint density at radius 1 is 0.790 bits per heavy atom. The molecule has 1 aliphatic carbocycles. The second-order valence-electron chi connectivity index (χ2n) is 19.1. The molecule has 0 radical (unpaired) electrons. The maximum absolute atomic E-state index is 12.7. The van der Waals surface area contributed by atoms with Crippen LogP contribution in [0.3, 0.4) is 0 Å². The molecule has 62 heavy (non-hydrogen) atoms. The minimum atomic E-state index is -0.170. The van der Waals surface area contributed by atoms with Gasteiger partial charge in [-0.2, -0.15) is 4.58 Å². The molecule has 0 spiro atoms. The number of ether oxygens (including phenoxy) is 3. The molecule has 0 unspecified atom stereocenters. The van der Waals surface area contributed by atoms with E-state index >= 15 is 0 Å². The third kappa shape index (κ3) is 11.7. The van der Waals surface area contributed by atoms with Gasteiger partial charge in [-0.3, -0.25) is 4.79 Å². The number of allylic oxidation sites excluding steroid dienone is 7. The molecule has 6 rings (SSSR count). The zero-order valence-electron chi connectivity index (χ0n) is 39.4. The van der Waals surface area contributed by atoms with Crippen LogP contribution in [0.1, 0.15) is 136 Å². The number of fused-ring (bicyclic) bond motifs is 2. The van der Waals surface area contributed by atoms with Gasteiger partial charge < -0.3 is 19.1 Å². The predicted octanol–water partition coefficient (Wildman–Crippen LogP) is 13.5. The number of Topliss-reactive ketones (excluding diaryl/α,β-unsaturated/α-hetero) is 1. The molecule has 2 heterocycles. The van der Waals surface area contributed by atoms with Crippen LogP contribution in [-0.2, 0) is 25.1 Å². The Morgan fingerprint density at radius 3 is 2.35 bits per heavy atom. The normalized spacial score (nSPS) is 18.2. The summed E-state index contributed by atoms with van der Waals surface area (Å²) in [4.78, 5) is 15.2. The Balaban J connectivity index is 1.23. The molecule has 0 saturated carbocycles. The minimum absolute atomic E-state index is 0.101. The molecule has 0 atom stereocenters. The van der Waals surface area contributed by atoms with Crippen molar-refractivity contribution in [1.82, 2.24) is 0 Å². The monoisotopic (exact) mass is 840 g/mol. The first-order valence-corrected chi connectivity index (χ1v) is 23.8. The molecule has 0 aromatic heterocycles. The summed E-state index contributed by atoms with van der Waals surface area (Å²) >= 11 is 0. The summed E-state index contributed by atoms with van der Waals surface area (Å²) in [5.41, 5.74) is 11.6. The zero-order valence-corrected chi connectivity index (χ0v) is 39.4. The van der Waals surface area contributed by atoms with Crippen LogP contribution in [0.4, 0.5) is 11.4 Å². The molecule has 3 aliphatic rings. The lowest BCUT2D eigenvalue weighted by Crippen LogP contribution is -2.28. The highest BCUT2D eigenvalue weighted by Gasteiger charge is 2.44. The van der Waals surface area contributed by atoms with Crippen LogP contribution in [0.25, 0.3) is 0 Å². The zero-order chi connectivity index (χ0) is 44.1. The maximum atomic E-state index is 12.7. The number of carbonyl (C=O) groups excluding carboxylic acids is 1. The van der Waals surface area contributed by atoms with Gasteiger partial charge in [0.25, 0.3) is 0 Å². The lowest BCUT2D eigenvalue weighted by atomic mass is 9.81. The van der Waals surface area contributed by atoms with Crippen molar-refractivity contribution in [3.63, 3.8) is 0 Å². The van der Waals surface area contributed by atoms with Crippen molar-refractivity contribution >= 4 is 22.9 Å². The van der Waals surface area contributed by atoms with E-state index in [4.69, 9.17) is 14.2 Å². The number of aryl methyl sites for hydroxylation is 1. The molecule has 6 nitrogen and oxygen atoms in total. The number of hydrogen-bond donors (Lipinski definition) is 0. The van der Waals surface area contributed by atoms with Gasteiger partial charge in [-0.05, 0) is 112 Å². The predicted molar refractivity (Wildman–Crippen MR) is 258 cm³/mol. The summed E-state index contributed by atoms with van der Waals surface area (Å²) in [6, 6.07) is 26.1. The van der Waals surface area contributed by atoms with Crippen LogP contribution in [-0.4, -0.2) is 55.6 Å². The first kappa shape index (κ1) is 47.0. The van der Waals surface area contributed by atoms with Gasteiger partial charge in [0.05, 0.1) is 25.2 Å². The van der Waals surface area contributed by atoms with E-state index < -0.39 is 0 Å². The standard InChI is InChI=1S/C56H75N2O4/c1-9-10-18-35-57-50-27-17-16-26-48(50)55(5,6)52(57)32-29-44-21-20-22-45(54(44)62-47-24-14-11-15-25-47)30-33-53-56(7,8)49-40-43(4)28-31-51(49)58(53)36-19-12-13-23-46(59)34-37-60-38-39-61-41-42(2)3/h11,14-17,24-33,40,42H,9-10,12-13,18-23,34-39,41H2,1-8H3/q+1. The summed E-state index contributed by atoms with van der Waals surface area (Å²) in [6.07, 6.45) is 20.1. The van der Waals surface area contributed by atoms with E-state index in [1.165, 1.54) is 69.9 Å². The Morgan fingerprint density at radius 2 is 1.56 bits per heavy atom. The second kappa shape index (κ2) is 22.2. The number of ketones is 1. The molecule has 3 aromatic rings. The third-order valence-electron chi connectivity index (χ3n) is 12.8. The van der Waals surface area contributed by atoms with Gasteiger partial charge in [-0.15, -0.1) is 0 Å². The van der Waals surface area contributed by atoms with E-state index in [0.29, 0.717) is 38.6 Å². The Bertz CT molecular complexity index is 2130. The van der Waals surface area contributed by atoms with E-state index in [-0.39, 0.29) is 16.6 Å². The first-order chi connectivity index (χ1) is 29.9. The molecular weight excluding hydrogens is 765 g/mol. The largest absolute Gasteiger partial charge is 0.457 e. The van der Waals surface area contributed by atoms with Gasteiger partial charge in [0, 0.05) is 66.9 Å². The van der Waals surface area contributed by atoms with Gasteiger partial charge >= 0.3 is 0 Å². The Labute approximate surface area is 374 Å². The molecule has 0 fully saturated rings. The fourth-order valence-corrected chi connectivity index (χ4v) is 9.37. The molecule has 332 valence electrons. The average Bonchev–Trinajstić information content (AvgIpc) is 3.59. The molecule has 0 amide bonds. The fourth-order valence-electron chi connectivity index (χ4n) is 9.37. The van der Waals surface area contributed by atoms with Crippen molar-refractivity contribution in [3.8, 4) is 5.75 Å². The van der Waals surface area contributed by atoms with Crippen molar-refractivity contribution in [1.29, 1.82) is 0 Å². The van der Waals surface area contributed by atoms with E-state index in [2.05, 4.69) is 156 Å². The minimum Gasteiger partial charge on any atom is -0.457 e. The SMILES string of the molecule is CCCCC[N+]1=C(C=CC2=C(Oc3ccccc3)C(=CC=C3N(CCCCCC(=O)CCOCCOCC(C)C)c4ccc(C)cc4C3(C)C)CCC2)C(C)(C)c2ccccc21. The molecule has 0 saturated heterocycles. The van der Waals surface area contributed by atoms with Crippen LogP contribution >= 0.6 is 0 Å². The van der Waals surface area contributed by atoms with Gasteiger partial charge in [-0.25, -0.2) is 0 Å². The number of nitrogens with zero attached hydrogens (tertiary/aromatic N) is 2. The van der Waals surface area contributed by atoms with Crippen LogP contribution < -0.4 is 9.64 Å². The highest BCUT2D eigenvalue weighted by molar-refractivity contribution is 6.03. The van der Waals surface area contributed by atoms with Gasteiger partial charge in [0.2, 0.25) is 5.69 Å². The summed E-state index contributed by atoms with van der Waals surface area (Å²) in [5, 5.41) is 0. The van der Waals surface area contributed by atoms with Crippen LogP contribution in [0.2, 0.25) is 0 Å². The molecule has 3 aromatic carbocycles. The van der Waals surface area contributed by atoms with E-state index in [1.54, 1.807) is 0 Å². The fraction of sp³-hybridized carbons (Fsp3) is 0.500. The summed E-state index contributed by atoms with van der Waals surface area (Å²) in [7, 11) is 0. The number of hydrogen-bond acceptors (Lipinski definition) is 5. The highest BCUT2D eigenvalue weighted by atomic mass is 16.5. The van der Waals surface area contributed by atoms with Crippen LogP contribution in [0.5, 0.6) is 5.75 Å². The van der Waals surface area contributed by atoms with Crippen molar-refractivity contribution in [2.75, 3.05) is 44.4 Å². The number of carbonyl (C=O) groups is 1. The lowest BCUT2D eigenvalue weighted by molar-refractivity contribution is -0.438. The van der Waals surface area contributed by atoms with Crippen molar-refractivity contribution in [2.24, 2.45) is 5.92 Å². The molecule has 0 N–H and O–H groups in total. The van der Waals surface area contributed by atoms with Crippen molar-refractivity contribution < 1.29 is 23.6 Å². The van der Waals surface area contributed by atoms with E-state index in [0.717, 1.165) is 69.7 Å². The van der Waals surface area contributed by atoms with Gasteiger partial charge in [0.15, 0.2) is 5.71 Å². The van der Waals surface area contributed by atoms with Gasteiger partial charge in [-0.1, -0.05) is 108 Å². The first-order valence-electron chi connectivity index (χ1n) is 23.8. The van der Waals surface area contributed by atoms with Crippen molar-refractivity contribution in [3.05, 3.63) is 136 Å². The number of para-hydroxylation sites is 2. The lowest BCUT2D eigenvalue weighted by Gasteiger charge is -2.27. The van der Waals surface area contributed by atoms with E-state index in [1.807, 2.05) is 6.07 Å². The Kier molecular flexibility index (Phi) is 16.8. The van der Waals surface area contributed by atoms with Gasteiger partial charge in [0.1, 0.15) is 23.8 Å². The molecular formula is C56H75N2O4+. The third-order valence-corrected chi connectivity index (χ3v) is 12.8. The van der Waals surface area contributed by atoms with E-state index in [9.17, 15) is 4.79 Å². The number of anilines is 1. The summed E-state index contributed by atoms with van der Waals surface area (Å²) in [5.74, 6) is 2.64. The second-order valence-corrected chi connectivity index (χ2v) is 19.1. The topological polar surface area (TPSA) is 51.0 Å². The molecule has 2 aliphatic heterocycles. The highest BCUT2D eigenvalue weighted by Crippen LogP contribution is 2.48. The summed E-state index contributed by atoms with van der Waals surface area (Å²) in [6.45, 7) is 22.5. The van der Waals surface area contributed by atoms with Crippen LogP contribution in [0, 0.1) is 12.8 Å². The smallest absolute Gasteiger partial charge is 0.209 e. The average molecular weight is 840 g/mol. The Hall–Kier alpha value is -4.52. The quantitative estimate of drug-likeness (QED) is 0.0703. The number of rotatable bonds is 23.